The van der Waals surface area contributed by atoms with Crippen LogP contribution in [0.1, 0.15) is 52.4 Å². The van der Waals surface area contributed by atoms with E-state index in [1.807, 2.05) is 0 Å². The molecule has 1 aliphatic heterocycles. The maximum absolute atomic E-state index is 12.0. The number of nitrogens with zero attached hydrogens (tertiary/aromatic N) is 1. The first kappa shape index (κ1) is 16.3. The number of likely N-dealkylation sites (N-methyl/N-ethyl adjacent to an activating group) is 1. The van der Waals surface area contributed by atoms with Gasteiger partial charge in [0.25, 0.3) is 0 Å². The highest BCUT2D eigenvalue weighted by molar-refractivity contribution is 6.35. The molecule has 120 valence electrons. The first-order valence-corrected chi connectivity index (χ1v) is 8.44. The molecule has 2 fully saturated rings. The molecule has 0 bridgehead atoms. The van der Waals surface area contributed by atoms with Crippen LogP contribution in [0.5, 0.6) is 0 Å². The van der Waals surface area contributed by atoms with Crippen LogP contribution in [0.3, 0.4) is 0 Å². The minimum Gasteiger partial charge on any atom is -0.346 e. The van der Waals surface area contributed by atoms with E-state index in [1.165, 1.54) is 12.8 Å². The largest absolute Gasteiger partial charge is 0.346 e. The van der Waals surface area contributed by atoms with Crippen molar-refractivity contribution in [1.82, 2.24) is 15.5 Å². The summed E-state index contributed by atoms with van der Waals surface area (Å²) in [5.74, 6) is -0.466. The Morgan fingerprint density at radius 2 is 1.86 bits per heavy atom. The fourth-order valence-corrected chi connectivity index (χ4v) is 3.60. The fourth-order valence-electron chi connectivity index (χ4n) is 3.60. The van der Waals surface area contributed by atoms with Gasteiger partial charge in [0.2, 0.25) is 0 Å². The van der Waals surface area contributed by atoms with E-state index >= 15 is 0 Å². The Labute approximate surface area is 127 Å². The number of likely N-dealkylation sites (tertiary alicyclic amines) is 1. The zero-order valence-electron chi connectivity index (χ0n) is 13.4. The predicted octanol–water partition coefficient (Wildman–Crippen LogP) is 1.28. The second-order valence-corrected chi connectivity index (χ2v) is 6.48. The third-order valence-electron chi connectivity index (χ3n) is 5.04. The molecule has 1 aliphatic carbocycles. The van der Waals surface area contributed by atoms with Gasteiger partial charge in [0.1, 0.15) is 0 Å². The third kappa shape index (κ3) is 4.43. The summed E-state index contributed by atoms with van der Waals surface area (Å²) in [7, 11) is 0. The van der Waals surface area contributed by atoms with Crippen LogP contribution < -0.4 is 10.6 Å². The van der Waals surface area contributed by atoms with Gasteiger partial charge >= 0.3 is 11.8 Å². The Balaban J connectivity index is 1.73. The molecule has 2 N–H and O–H groups in total. The number of carbonyl (C=O) groups excluding carboxylic acids is 2. The number of nitrogens with one attached hydrogen (secondary N) is 2. The molecule has 21 heavy (non-hydrogen) atoms. The summed E-state index contributed by atoms with van der Waals surface area (Å²) in [6.07, 6.45) is 6.79. The van der Waals surface area contributed by atoms with Crippen LogP contribution in [0.15, 0.2) is 0 Å². The van der Waals surface area contributed by atoms with E-state index < -0.39 is 11.8 Å². The summed E-state index contributed by atoms with van der Waals surface area (Å²) in [6.45, 7) is 6.98. The molecule has 1 heterocycles. The van der Waals surface area contributed by atoms with Gasteiger partial charge in [-0.1, -0.05) is 26.7 Å². The van der Waals surface area contributed by atoms with Crippen LogP contribution in [0.2, 0.25) is 0 Å². The van der Waals surface area contributed by atoms with Crippen molar-refractivity contribution in [3.05, 3.63) is 0 Å². The lowest BCUT2D eigenvalue weighted by Gasteiger charge is -2.29. The topological polar surface area (TPSA) is 61.4 Å². The van der Waals surface area contributed by atoms with Gasteiger partial charge in [-0.2, -0.15) is 0 Å². The normalized spacial score (nSPS) is 30.1. The molecule has 0 spiro atoms. The Morgan fingerprint density at radius 3 is 2.57 bits per heavy atom. The number of hydrogen-bond acceptors (Lipinski definition) is 3. The van der Waals surface area contributed by atoms with Crippen molar-refractivity contribution in [3.8, 4) is 0 Å². The fraction of sp³-hybridized carbons (Fsp3) is 0.875. The van der Waals surface area contributed by atoms with Gasteiger partial charge < -0.3 is 10.6 Å². The van der Waals surface area contributed by atoms with E-state index in [9.17, 15) is 9.59 Å². The molecular formula is C16H29N3O2. The summed E-state index contributed by atoms with van der Waals surface area (Å²) in [5.41, 5.74) is 0. The SMILES string of the molecule is CCN1CCC[C@@H]1CNC(=O)C(=O)N[C@@H]1CCCC[C@@H]1C. The van der Waals surface area contributed by atoms with Crippen molar-refractivity contribution in [2.45, 2.75) is 64.5 Å². The van der Waals surface area contributed by atoms with E-state index in [4.69, 9.17) is 0 Å². The number of hydrogen-bond donors (Lipinski definition) is 2. The highest BCUT2D eigenvalue weighted by Crippen LogP contribution is 2.23. The Morgan fingerprint density at radius 1 is 1.10 bits per heavy atom. The first-order valence-electron chi connectivity index (χ1n) is 8.44. The minimum atomic E-state index is -0.476. The van der Waals surface area contributed by atoms with Crippen molar-refractivity contribution in [2.24, 2.45) is 5.92 Å². The average Bonchev–Trinajstić information content (AvgIpc) is 2.94. The molecule has 5 heteroatoms. The van der Waals surface area contributed by atoms with Crippen LogP contribution >= 0.6 is 0 Å². The molecule has 1 saturated carbocycles. The second kappa shape index (κ2) is 7.78. The number of amides is 2. The first-order chi connectivity index (χ1) is 10.1. The van der Waals surface area contributed by atoms with Crippen molar-refractivity contribution in [1.29, 1.82) is 0 Å². The monoisotopic (exact) mass is 295 g/mol. The van der Waals surface area contributed by atoms with Crippen molar-refractivity contribution >= 4 is 11.8 Å². The standard InChI is InChI=1S/C16H29N3O2/c1-3-19-10-6-8-13(19)11-17-15(20)16(21)18-14-9-5-4-7-12(14)2/h12-14H,3-11H2,1-2H3,(H,17,20)(H,18,21)/t12-,13+,14+/m0/s1. The minimum absolute atomic E-state index is 0.163. The Kier molecular flexibility index (Phi) is 6.03. The number of carbonyl (C=O) groups is 2. The molecule has 2 amide bonds. The third-order valence-corrected chi connectivity index (χ3v) is 5.04. The van der Waals surface area contributed by atoms with Crippen molar-refractivity contribution in [3.63, 3.8) is 0 Å². The molecule has 0 radical (unpaired) electrons. The lowest BCUT2D eigenvalue weighted by atomic mass is 9.86. The average molecular weight is 295 g/mol. The van der Waals surface area contributed by atoms with Crippen LogP contribution in [-0.2, 0) is 9.59 Å². The van der Waals surface area contributed by atoms with E-state index in [-0.39, 0.29) is 6.04 Å². The summed E-state index contributed by atoms with van der Waals surface area (Å²) in [6, 6.07) is 0.552. The number of rotatable bonds is 4. The highest BCUT2D eigenvalue weighted by Gasteiger charge is 2.27. The van der Waals surface area contributed by atoms with Gasteiger partial charge in [-0.3, -0.25) is 14.5 Å². The molecule has 3 atom stereocenters. The zero-order chi connectivity index (χ0) is 15.2. The molecule has 1 saturated heterocycles. The van der Waals surface area contributed by atoms with Crippen LogP contribution in [0.25, 0.3) is 0 Å². The summed E-state index contributed by atoms with van der Waals surface area (Å²) < 4.78 is 0. The van der Waals surface area contributed by atoms with Crippen LogP contribution in [-0.4, -0.2) is 48.4 Å². The lowest BCUT2D eigenvalue weighted by Crippen LogP contribution is -2.49. The summed E-state index contributed by atoms with van der Waals surface area (Å²) in [5, 5.41) is 5.70. The molecule has 2 aliphatic rings. The van der Waals surface area contributed by atoms with Gasteiger partial charge in [-0.25, -0.2) is 0 Å². The van der Waals surface area contributed by atoms with Crippen molar-refractivity contribution < 1.29 is 9.59 Å². The van der Waals surface area contributed by atoms with E-state index in [1.54, 1.807) is 0 Å². The molecule has 0 aromatic rings. The van der Waals surface area contributed by atoms with Crippen LogP contribution in [0, 0.1) is 5.92 Å². The zero-order valence-corrected chi connectivity index (χ0v) is 13.4. The molecule has 0 aromatic carbocycles. The van der Waals surface area contributed by atoms with Crippen molar-refractivity contribution in [2.75, 3.05) is 19.6 Å². The second-order valence-electron chi connectivity index (χ2n) is 6.48. The Bertz CT molecular complexity index is 373. The van der Waals surface area contributed by atoms with E-state index in [0.29, 0.717) is 18.5 Å². The molecule has 5 nitrogen and oxygen atoms in total. The smallest absolute Gasteiger partial charge is 0.309 e. The van der Waals surface area contributed by atoms with E-state index in [2.05, 4.69) is 29.4 Å². The van der Waals surface area contributed by atoms with Gasteiger partial charge in [0.05, 0.1) is 0 Å². The molecule has 2 rings (SSSR count). The van der Waals surface area contributed by atoms with E-state index in [0.717, 1.165) is 38.8 Å². The van der Waals surface area contributed by atoms with Gasteiger partial charge in [-0.05, 0) is 44.7 Å². The molecular weight excluding hydrogens is 266 g/mol. The van der Waals surface area contributed by atoms with Gasteiger partial charge in [0.15, 0.2) is 0 Å². The lowest BCUT2D eigenvalue weighted by molar-refractivity contribution is -0.140. The van der Waals surface area contributed by atoms with Gasteiger partial charge in [0, 0.05) is 18.6 Å². The maximum Gasteiger partial charge on any atom is 0.309 e. The summed E-state index contributed by atoms with van der Waals surface area (Å²) in [4.78, 5) is 26.3. The molecule has 0 aromatic heterocycles. The quantitative estimate of drug-likeness (QED) is 0.768. The maximum atomic E-state index is 12.0. The Hall–Kier alpha value is -1.10. The van der Waals surface area contributed by atoms with Gasteiger partial charge in [-0.15, -0.1) is 0 Å². The van der Waals surface area contributed by atoms with Crippen LogP contribution in [0.4, 0.5) is 0 Å². The predicted molar refractivity (Wildman–Crippen MR) is 82.8 cm³/mol. The molecule has 0 unspecified atom stereocenters. The highest BCUT2D eigenvalue weighted by atomic mass is 16.2. The summed E-state index contributed by atoms with van der Waals surface area (Å²) >= 11 is 0.